The highest BCUT2D eigenvalue weighted by atomic mass is 16.5. The van der Waals surface area contributed by atoms with Crippen LogP contribution in [0.1, 0.15) is 29.6 Å². The van der Waals surface area contributed by atoms with Crippen molar-refractivity contribution in [3.05, 3.63) is 48.3 Å². The third kappa shape index (κ3) is 3.37. The number of likely N-dealkylation sites (tertiary alicyclic amines) is 1. The number of benzene rings is 1. The molecule has 5 heterocycles. The minimum atomic E-state index is -0.534. The molecule has 1 atom stereocenters. The summed E-state index contributed by atoms with van der Waals surface area (Å²) in [6, 6.07) is 9.90. The van der Waals surface area contributed by atoms with Gasteiger partial charge >= 0.3 is 0 Å². The molecule has 0 saturated carbocycles. The zero-order chi connectivity index (χ0) is 25.0. The fraction of sp³-hybridized carbons (Fsp3) is 0.333. The molecule has 2 amide bonds. The normalized spacial score (nSPS) is 20.1. The number of nitrogens with two attached hydrogens (primary N) is 1. The highest BCUT2D eigenvalue weighted by Crippen LogP contribution is 2.43. The lowest BCUT2D eigenvalue weighted by Gasteiger charge is -2.39. The summed E-state index contributed by atoms with van der Waals surface area (Å²) in [5, 5.41) is 1.81. The third-order valence-corrected chi connectivity index (χ3v) is 7.75. The van der Waals surface area contributed by atoms with E-state index < -0.39 is 5.91 Å². The first-order valence-corrected chi connectivity index (χ1v) is 12.2. The predicted molar refractivity (Wildman–Crippen MR) is 138 cm³/mol. The lowest BCUT2D eigenvalue weighted by molar-refractivity contribution is -0.135. The summed E-state index contributed by atoms with van der Waals surface area (Å²) in [5.74, 6) is 1.02. The Bertz CT molecular complexity index is 1510. The summed E-state index contributed by atoms with van der Waals surface area (Å²) in [4.78, 5) is 41.8. The second-order valence-electron chi connectivity index (χ2n) is 9.87. The van der Waals surface area contributed by atoms with E-state index in [2.05, 4.69) is 14.9 Å². The van der Waals surface area contributed by atoms with Crippen LogP contribution in [0.2, 0.25) is 0 Å². The van der Waals surface area contributed by atoms with Crippen molar-refractivity contribution in [3.8, 4) is 17.0 Å². The largest absolute Gasteiger partial charge is 0.481 e. The molecule has 0 radical (unpaired) electrons. The number of ether oxygens (including phenoxy) is 1. The number of aromatic amines is 1. The van der Waals surface area contributed by atoms with Crippen LogP contribution in [0.4, 0.5) is 5.82 Å². The van der Waals surface area contributed by atoms with Gasteiger partial charge in [-0.05, 0) is 37.0 Å². The van der Waals surface area contributed by atoms with E-state index in [1.54, 1.807) is 19.5 Å². The number of carbonyl (C=O) groups excluding carboxylic acids is 2. The van der Waals surface area contributed by atoms with Crippen LogP contribution in [0, 0.1) is 5.41 Å². The van der Waals surface area contributed by atoms with Gasteiger partial charge in [-0.25, -0.2) is 9.97 Å². The number of piperidine rings is 1. The standard InChI is InChI=1S/C27H28N6O3/c1-32-11-9-27(26(32)35)8-3-10-33(15-27)25-22-18-6-4-16(17-5-7-21(36-2)29-13-17)12-20(18)31-23(22)19(14-30-25)24(28)34/h4-7,12-14,31H,3,8-11,15H2,1-2H3,(H2,28,34)/t27-/m1/s1. The van der Waals surface area contributed by atoms with Gasteiger partial charge in [0.15, 0.2) is 0 Å². The maximum absolute atomic E-state index is 13.0. The molecule has 2 fully saturated rings. The first kappa shape index (κ1) is 22.3. The minimum absolute atomic E-state index is 0.217. The van der Waals surface area contributed by atoms with Crippen LogP contribution < -0.4 is 15.4 Å². The number of anilines is 1. The van der Waals surface area contributed by atoms with Gasteiger partial charge in [0.1, 0.15) is 5.82 Å². The summed E-state index contributed by atoms with van der Waals surface area (Å²) in [6.07, 6.45) is 5.98. The van der Waals surface area contributed by atoms with E-state index in [-0.39, 0.29) is 11.3 Å². The quantitative estimate of drug-likeness (QED) is 0.459. The van der Waals surface area contributed by atoms with Gasteiger partial charge in [0.05, 0.1) is 29.0 Å². The Kier molecular flexibility index (Phi) is 5.10. The van der Waals surface area contributed by atoms with E-state index in [9.17, 15) is 9.59 Å². The number of pyridine rings is 2. The number of hydrogen-bond acceptors (Lipinski definition) is 6. The topological polar surface area (TPSA) is 117 Å². The molecule has 3 aromatic heterocycles. The molecule has 2 aliphatic rings. The van der Waals surface area contributed by atoms with Crippen LogP contribution in [-0.2, 0) is 4.79 Å². The number of H-pyrrole nitrogens is 1. The van der Waals surface area contributed by atoms with Crippen molar-refractivity contribution in [1.29, 1.82) is 0 Å². The van der Waals surface area contributed by atoms with Crippen LogP contribution in [-0.4, -0.2) is 65.5 Å². The number of fused-ring (bicyclic) bond motifs is 3. The van der Waals surface area contributed by atoms with Crippen molar-refractivity contribution in [2.75, 3.05) is 38.7 Å². The molecule has 184 valence electrons. The number of carbonyl (C=O) groups is 2. The van der Waals surface area contributed by atoms with Gasteiger partial charge in [-0.15, -0.1) is 0 Å². The zero-order valence-electron chi connectivity index (χ0n) is 20.4. The van der Waals surface area contributed by atoms with E-state index >= 15 is 0 Å². The monoisotopic (exact) mass is 484 g/mol. The minimum Gasteiger partial charge on any atom is -0.481 e. The van der Waals surface area contributed by atoms with Crippen molar-refractivity contribution in [2.24, 2.45) is 11.1 Å². The van der Waals surface area contributed by atoms with E-state index in [1.807, 2.05) is 42.3 Å². The molecule has 1 spiro atoms. The van der Waals surface area contributed by atoms with Crippen molar-refractivity contribution in [1.82, 2.24) is 19.9 Å². The predicted octanol–water partition coefficient (Wildman–Crippen LogP) is 3.33. The third-order valence-electron chi connectivity index (χ3n) is 7.75. The molecular formula is C27H28N6O3. The summed E-state index contributed by atoms with van der Waals surface area (Å²) in [6.45, 7) is 2.21. The van der Waals surface area contributed by atoms with E-state index in [1.165, 1.54) is 0 Å². The molecular weight excluding hydrogens is 456 g/mol. The number of aromatic nitrogens is 3. The Morgan fingerprint density at radius 1 is 1.11 bits per heavy atom. The Labute approximate surface area is 208 Å². The number of rotatable bonds is 4. The van der Waals surface area contributed by atoms with E-state index in [4.69, 9.17) is 15.5 Å². The highest BCUT2D eigenvalue weighted by molar-refractivity contribution is 6.18. The van der Waals surface area contributed by atoms with Crippen molar-refractivity contribution >= 4 is 39.4 Å². The maximum Gasteiger partial charge on any atom is 0.252 e. The molecule has 2 aliphatic heterocycles. The molecule has 6 rings (SSSR count). The number of methoxy groups -OCH3 is 1. The maximum atomic E-state index is 13.0. The summed E-state index contributed by atoms with van der Waals surface area (Å²) in [5.41, 5.74) is 9.18. The van der Waals surface area contributed by atoms with E-state index in [0.717, 1.165) is 65.6 Å². The van der Waals surface area contributed by atoms with Gasteiger partial charge in [-0.1, -0.05) is 12.1 Å². The Morgan fingerprint density at radius 3 is 2.64 bits per heavy atom. The second-order valence-corrected chi connectivity index (χ2v) is 9.87. The Hall–Kier alpha value is -4.14. The molecule has 0 aliphatic carbocycles. The van der Waals surface area contributed by atoms with Gasteiger partial charge in [0, 0.05) is 61.6 Å². The number of primary amides is 1. The molecule has 1 aromatic carbocycles. The average molecular weight is 485 g/mol. The number of hydrogen-bond donors (Lipinski definition) is 2. The van der Waals surface area contributed by atoms with Crippen molar-refractivity contribution in [3.63, 3.8) is 0 Å². The molecule has 9 nitrogen and oxygen atoms in total. The SMILES string of the molecule is COc1ccc(-c2ccc3c(c2)[nH]c2c(C(N)=O)cnc(N4CCC[C@@]5(CCN(C)C5=O)C4)c23)cn1. The fourth-order valence-electron chi connectivity index (χ4n) is 5.85. The molecule has 3 N–H and O–H groups in total. The van der Waals surface area contributed by atoms with Gasteiger partial charge < -0.3 is 25.3 Å². The lowest BCUT2D eigenvalue weighted by Crippen LogP contribution is -2.47. The molecule has 9 heteroatoms. The van der Waals surface area contributed by atoms with Gasteiger partial charge in [0.2, 0.25) is 11.8 Å². The Morgan fingerprint density at radius 2 is 1.94 bits per heavy atom. The average Bonchev–Trinajstić information content (AvgIpc) is 3.41. The smallest absolute Gasteiger partial charge is 0.252 e. The molecule has 0 bridgehead atoms. The van der Waals surface area contributed by atoms with Crippen LogP contribution in [0.3, 0.4) is 0 Å². The second kappa shape index (κ2) is 8.22. The summed E-state index contributed by atoms with van der Waals surface area (Å²) >= 11 is 0. The zero-order valence-corrected chi connectivity index (χ0v) is 20.4. The molecule has 2 saturated heterocycles. The molecule has 36 heavy (non-hydrogen) atoms. The molecule has 4 aromatic rings. The van der Waals surface area contributed by atoms with Gasteiger partial charge in [-0.2, -0.15) is 0 Å². The summed E-state index contributed by atoms with van der Waals surface area (Å²) < 4.78 is 5.17. The van der Waals surface area contributed by atoms with Crippen molar-refractivity contribution < 1.29 is 14.3 Å². The van der Waals surface area contributed by atoms with Crippen LogP contribution in [0.15, 0.2) is 42.7 Å². The van der Waals surface area contributed by atoms with Crippen LogP contribution in [0.25, 0.3) is 32.9 Å². The first-order valence-electron chi connectivity index (χ1n) is 12.2. The highest BCUT2D eigenvalue weighted by Gasteiger charge is 2.48. The fourth-order valence-corrected chi connectivity index (χ4v) is 5.85. The number of amides is 2. The van der Waals surface area contributed by atoms with Gasteiger partial charge in [-0.3, -0.25) is 9.59 Å². The van der Waals surface area contributed by atoms with Crippen molar-refractivity contribution in [2.45, 2.75) is 19.3 Å². The Balaban J connectivity index is 1.48. The summed E-state index contributed by atoms with van der Waals surface area (Å²) in [7, 11) is 3.47. The number of nitrogens with zero attached hydrogens (tertiary/aromatic N) is 4. The van der Waals surface area contributed by atoms with Gasteiger partial charge in [0.25, 0.3) is 5.91 Å². The molecule has 0 unspecified atom stereocenters. The number of nitrogens with one attached hydrogen (secondary N) is 1. The first-order chi connectivity index (χ1) is 17.4. The lowest BCUT2D eigenvalue weighted by atomic mass is 9.78. The van der Waals surface area contributed by atoms with Crippen LogP contribution in [0.5, 0.6) is 5.88 Å². The van der Waals surface area contributed by atoms with Crippen LogP contribution >= 0.6 is 0 Å². The van der Waals surface area contributed by atoms with E-state index in [0.29, 0.717) is 23.5 Å².